The molecule has 0 saturated carbocycles. The zero-order chi connectivity index (χ0) is 27.0. The Bertz CT molecular complexity index is 1690. The summed E-state index contributed by atoms with van der Waals surface area (Å²) in [6, 6.07) is 14.4. The maximum Gasteiger partial charge on any atom is 0.341 e. The summed E-state index contributed by atoms with van der Waals surface area (Å²) in [5.74, 6) is -1.72. The number of nitrogens with zero attached hydrogens (tertiary/aromatic N) is 1. The molecule has 0 bridgehead atoms. The van der Waals surface area contributed by atoms with E-state index in [1.165, 1.54) is 73.8 Å². The summed E-state index contributed by atoms with van der Waals surface area (Å²) in [4.78, 5) is 28.8. The maximum atomic E-state index is 13.0. The van der Waals surface area contributed by atoms with Gasteiger partial charge in [-0.3, -0.25) is 14.5 Å². The molecule has 0 spiro atoms. The third kappa shape index (κ3) is 4.91. The minimum atomic E-state index is -4.02. The van der Waals surface area contributed by atoms with E-state index in [4.69, 9.17) is 33.7 Å². The first-order valence-electron chi connectivity index (χ1n) is 10.6. The van der Waals surface area contributed by atoms with Crippen LogP contribution in [0.15, 0.2) is 82.7 Å². The number of carboxylic acids is 1. The molecule has 0 aliphatic carbocycles. The molecule has 1 aliphatic rings. The third-order valence-corrected chi connectivity index (χ3v) is 7.52. The Labute approximate surface area is 221 Å². The van der Waals surface area contributed by atoms with Gasteiger partial charge in [-0.1, -0.05) is 35.3 Å². The zero-order valence-electron chi connectivity index (χ0n) is 19.1. The minimum absolute atomic E-state index is 0.0253. The molecule has 190 valence electrons. The van der Waals surface area contributed by atoms with Crippen LogP contribution < -0.4 is 25.8 Å². The number of primary amides is 1. The SMILES string of the molecule is COc1ccc(S(=O)(=O)Nc2cccc(C3(C(=O)O)N=c4cc(Cl)cc(Cl)c4=C3C=CC(N)=O)c2)cc1. The predicted octanol–water partition coefficient (Wildman–Crippen LogP) is 2.61. The fourth-order valence-corrected chi connectivity index (χ4v) is 5.62. The van der Waals surface area contributed by atoms with Crippen molar-refractivity contribution in [3.63, 3.8) is 0 Å². The summed E-state index contributed by atoms with van der Waals surface area (Å²) in [6.45, 7) is 0. The van der Waals surface area contributed by atoms with Gasteiger partial charge in [-0.15, -0.1) is 0 Å². The Kier molecular flexibility index (Phi) is 7.00. The Balaban J connectivity index is 1.88. The second-order valence-electron chi connectivity index (χ2n) is 7.92. The minimum Gasteiger partial charge on any atom is -0.497 e. The first kappa shape index (κ1) is 26.2. The van der Waals surface area contributed by atoms with Crippen LogP contribution in [0.2, 0.25) is 10.0 Å². The number of anilines is 1. The Morgan fingerprint density at radius 1 is 1.11 bits per heavy atom. The van der Waals surface area contributed by atoms with E-state index in [0.29, 0.717) is 5.75 Å². The number of hydrogen-bond acceptors (Lipinski definition) is 6. The summed E-state index contributed by atoms with van der Waals surface area (Å²) in [5, 5.41) is 11.2. The molecule has 3 aromatic carbocycles. The fourth-order valence-electron chi connectivity index (χ4n) is 3.99. The van der Waals surface area contributed by atoms with Gasteiger partial charge < -0.3 is 15.6 Å². The Morgan fingerprint density at radius 3 is 2.43 bits per heavy atom. The van der Waals surface area contributed by atoms with E-state index >= 15 is 0 Å². The van der Waals surface area contributed by atoms with Crippen LogP contribution in [0.4, 0.5) is 5.69 Å². The number of halogens is 2. The average molecular weight is 560 g/mol. The van der Waals surface area contributed by atoms with Crippen LogP contribution in [0.1, 0.15) is 5.56 Å². The summed E-state index contributed by atoms with van der Waals surface area (Å²) >= 11 is 12.5. The highest BCUT2D eigenvalue weighted by Gasteiger charge is 2.46. The molecular weight excluding hydrogens is 541 g/mol. The number of nitrogens with two attached hydrogens (primary N) is 1. The van der Waals surface area contributed by atoms with Gasteiger partial charge in [0.05, 0.1) is 22.4 Å². The number of carbonyl (C=O) groups is 2. The topological polar surface area (TPSA) is 148 Å². The van der Waals surface area contributed by atoms with Crippen molar-refractivity contribution in [2.45, 2.75) is 10.4 Å². The molecule has 4 N–H and O–H groups in total. The second kappa shape index (κ2) is 9.89. The van der Waals surface area contributed by atoms with Crippen molar-refractivity contribution in [2.24, 2.45) is 10.7 Å². The van der Waals surface area contributed by atoms with Gasteiger partial charge in [0.1, 0.15) is 5.75 Å². The summed E-state index contributed by atoms with van der Waals surface area (Å²) < 4.78 is 33.4. The van der Waals surface area contributed by atoms with Crippen molar-refractivity contribution in [1.29, 1.82) is 0 Å². The van der Waals surface area contributed by atoms with Crippen LogP contribution >= 0.6 is 23.2 Å². The summed E-state index contributed by atoms with van der Waals surface area (Å²) in [5.41, 5.74) is 3.43. The average Bonchev–Trinajstić information content (AvgIpc) is 3.18. The molecule has 0 fully saturated rings. The van der Waals surface area contributed by atoms with E-state index in [9.17, 15) is 23.1 Å². The molecule has 1 heterocycles. The molecule has 0 saturated heterocycles. The van der Waals surface area contributed by atoms with Crippen molar-refractivity contribution < 1.29 is 27.9 Å². The maximum absolute atomic E-state index is 13.0. The van der Waals surface area contributed by atoms with Gasteiger partial charge in [-0.05, 0) is 60.2 Å². The first-order chi connectivity index (χ1) is 17.5. The Morgan fingerprint density at radius 2 is 1.81 bits per heavy atom. The number of ether oxygens (including phenoxy) is 1. The zero-order valence-corrected chi connectivity index (χ0v) is 21.4. The molecule has 1 amide bonds. The number of amides is 1. The molecule has 3 aromatic rings. The van der Waals surface area contributed by atoms with Gasteiger partial charge in [0.2, 0.25) is 11.4 Å². The van der Waals surface area contributed by atoms with Gasteiger partial charge in [0, 0.05) is 27.6 Å². The van der Waals surface area contributed by atoms with Crippen molar-refractivity contribution in [2.75, 3.05) is 11.8 Å². The van der Waals surface area contributed by atoms with Gasteiger partial charge >= 0.3 is 5.97 Å². The van der Waals surface area contributed by atoms with E-state index in [1.807, 2.05) is 0 Å². The molecular formula is C25H19Cl2N3O6S. The van der Waals surface area contributed by atoms with Gasteiger partial charge in [-0.25, -0.2) is 13.2 Å². The van der Waals surface area contributed by atoms with Crippen molar-refractivity contribution in [1.82, 2.24) is 0 Å². The molecule has 37 heavy (non-hydrogen) atoms. The monoisotopic (exact) mass is 559 g/mol. The lowest BCUT2D eigenvalue weighted by molar-refractivity contribution is -0.141. The standard InChI is InChI=1S/C25H19Cl2N3O6S/c1-36-17-5-7-18(8-6-17)37(34,35)30-16-4-2-3-14(11-16)25(24(32)33)19(9-10-22(28)31)23-20(27)12-15(26)13-21(23)29-25/h2-13,30H,1H3,(H2,28,31)(H,32,33). The summed E-state index contributed by atoms with van der Waals surface area (Å²) in [6.07, 6.45) is 2.23. The van der Waals surface area contributed by atoms with E-state index in [1.54, 1.807) is 0 Å². The first-order valence-corrected chi connectivity index (χ1v) is 12.8. The third-order valence-electron chi connectivity index (χ3n) is 5.61. The number of hydrogen-bond donors (Lipinski definition) is 3. The van der Waals surface area contributed by atoms with Crippen LogP contribution in [0, 0.1) is 0 Å². The fraction of sp³-hybridized carbons (Fsp3) is 0.0800. The molecule has 12 heteroatoms. The molecule has 1 atom stereocenters. The van der Waals surface area contributed by atoms with Crippen LogP contribution in [0.3, 0.4) is 0 Å². The molecule has 0 aromatic heterocycles. The van der Waals surface area contributed by atoms with Gasteiger partial charge in [0.15, 0.2) is 0 Å². The number of methoxy groups -OCH3 is 1. The molecule has 9 nitrogen and oxygen atoms in total. The molecule has 4 rings (SSSR count). The van der Waals surface area contributed by atoms with Crippen LogP contribution in [0.5, 0.6) is 5.75 Å². The van der Waals surface area contributed by atoms with E-state index < -0.39 is 27.4 Å². The molecule has 1 aliphatic heterocycles. The molecule has 1 unspecified atom stereocenters. The number of carbonyl (C=O) groups excluding carboxylic acids is 1. The van der Waals surface area contributed by atoms with E-state index in [-0.39, 0.29) is 42.3 Å². The second-order valence-corrected chi connectivity index (χ2v) is 10.4. The lowest BCUT2D eigenvalue weighted by Gasteiger charge is -2.25. The van der Waals surface area contributed by atoms with Crippen molar-refractivity contribution in [3.8, 4) is 5.75 Å². The smallest absolute Gasteiger partial charge is 0.341 e. The lowest BCUT2D eigenvalue weighted by atomic mass is 9.82. The number of sulfonamides is 1. The number of fused-ring (bicyclic) bond motifs is 1. The lowest BCUT2D eigenvalue weighted by Crippen LogP contribution is -2.35. The Hall–Kier alpha value is -3.86. The van der Waals surface area contributed by atoms with E-state index in [2.05, 4.69) is 9.71 Å². The van der Waals surface area contributed by atoms with Crippen molar-refractivity contribution >= 4 is 56.4 Å². The summed E-state index contributed by atoms with van der Waals surface area (Å²) in [7, 11) is -2.56. The normalized spacial score (nSPS) is 16.8. The van der Waals surface area contributed by atoms with Crippen LogP contribution in [-0.4, -0.2) is 32.5 Å². The molecule has 0 radical (unpaired) electrons. The van der Waals surface area contributed by atoms with E-state index in [0.717, 1.165) is 6.08 Å². The quantitative estimate of drug-likeness (QED) is 0.361. The highest BCUT2D eigenvalue weighted by molar-refractivity contribution is 7.92. The van der Waals surface area contributed by atoms with Gasteiger partial charge in [-0.2, -0.15) is 0 Å². The van der Waals surface area contributed by atoms with Gasteiger partial charge in [0.25, 0.3) is 10.0 Å². The number of aliphatic carboxylic acids is 1. The van der Waals surface area contributed by atoms with Crippen LogP contribution in [-0.2, 0) is 25.2 Å². The van der Waals surface area contributed by atoms with Crippen LogP contribution in [0.25, 0.3) is 5.57 Å². The highest BCUT2D eigenvalue weighted by atomic mass is 35.5. The van der Waals surface area contributed by atoms with Crippen molar-refractivity contribution in [3.05, 3.63) is 99.0 Å². The number of carboxylic acid groups (broad SMARTS) is 1. The largest absolute Gasteiger partial charge is 0.497 e. The highest BCUT2D eigenvalue weighted by Crippen LogP contribution is 2.39. The number of nitrogens with one attached hydrogen (secondary N) is 1. The number of benzene rings is 3. The predicted molar refractivity (Wildman–Crippen MR) is 139 cm³/mol. The number of rotatable bonds is 8.